The van der Waals surface area contributed by atoms with Gasteiger partial charge in [-0.3, -0.25) is 10.3 Å². The molecule has 0 saturated carbocycles. The van der Waals surface area contributed by atoms with Crippen molar-refractivity contribution >= 4 is 33.0 Å². The summed E-state index contributed by atoms with van der Waals surface area (Å²) in [5, 5.41) is 9.47. The molecule has 3 heterocycles. The summed E-state index contributed by atoms with van der Waals surface area (Å²) in [6.07, 6.45) is 1.49. The fourth-order valence-corrected chi connectivity index (χ4v) is 5.64. The van der Waals surface area contributed by atoms with E-state index in [1.807, 2.05) is 6.07 Å². The van der Waals surface area contributed by atoms with Gasteiger partial charge in [0.25, 0.3) is 0 Å². The molecule has 1 saturated heterocycles. The van der Waals surface area contributed by atoms with Gasteiger partial charge in [-0.1, -0.05) is 12.1 Å². The first-order chi connectivity index (χ1) is 17.9. The topological polar surface area (TPSA) is 134 Å². The summed E-state index contributed by atoms with van der Waals surface area (Å²) in [5.41, 5.74) is 2.95. The minimum Gasteiger partial charge on any atom is -0.660 e. The molecule has 5 rings (SSSR count). The Morgan fingerprint density at radius 3 is 2.55 bits per heavy atom. The largest absolute Gasteiger partial charge is 2.00 e. The second kappa shape index (κ2) is 11.6. The Morgan fingerprint density at radius 2 is 1.87 bits per heavy atom. The van der Waals surface area contributed by atoms with Crippen LogP contribution < -0.4 is 10.6 Å². The van der Waals surface area contributed by atoms with E-state index >= 15 is 0 Å². The quantitative estimate of drug-likeness (QED) is 0.321. The van der Waals surface area contributed by atoms with Crippen LogP contribution in [0.2, 0.25) is 0 Å². The zero-order valence-corrected chi connectivity index (χ0v) is 22.7. The van der Waals surface area contributed by atoms with Crippen LogP contribution in [0.15, 0.2) is 59.6 Å². The van der Waals surface area contributed by atoms with E-state index in [1.165, 1.54) is 22.6 Å². The fraction of sp³-hybridized carbons (Fsp3) is 0.240. The van der Waals surface area contributed by atoms with Crippen molar-refractivity contribution in [2.75, 3.05) is 38.0 Å². The van der Waals surface area contributed by atoms with Crippen molar-refractivity contribution in [2.24, 2.45) is 0 Å². The first-order valence-corrected chi connectivity index (χ1v) is 13.2. The minimum absolute atomic E-state index is 0. The van der Waals surface area contributed by atoms with E-state index in [4.69, 9.17) is 0 Å². The van der Waals surface area contributed by atoms with Crippen molar-refractivity contribution in [3.05, 3.63) is 65.9 Å². The fourth-order valence-electron chi connectivity index (χ4n) is 4.22. The molecule has 1 fully saturated rings. The van der Waals surface area contributed by atoms with Gasteiger partial charge in [0.1, 0.15) is 17.0 Å². The van der Waals surface area contributed by atoms with Crippen LogP contribution in [0.25, 0.3) is 38.7 Å². The summed E-state index contributed by atoms with van der Waals surface area (Å²) in [7, 11) is -3.61. The standard InChI is InChI=1S/C25H25FN7O3S.V/c1-2-28-25(34)32-24-30-21-15-17(14-19(23(21)31-24)22-20(26)4-3-9-29-22)16-5-7-18(8-6-16)37(35,36)33-12-10-27-11-13-33;/h3-9,14-15H,2,10-13H2,1H3,(H3,28,30,31,32,34);/q-1;+2. The Balaban J connectivity index is 0.00000336. The smallest absolute Gasteiger partial charge is 0.660 e. The average molecular weight is 574 g/mol. The molecule has 1 radical (unpaired) electrons. The monoisotopic (exact) mass is 573 g/mol. The molecule has 0 unspecified atom stereocenters. The van der Waals surface area contributed by atoms with E-state index in [0.29, 0.717) is 54.9 Å². The van der Waals surface area contributed by atoms with Crippen LogP contribution in [-0.2, 0) is 28.6 Å². The van der Waals surface area contributed by atoms with Gasteiger partial charge >= 0.3 is 24.6 Å². The number of imidazole rings is 1. The summed E-state index contributed by atoms with van der Waals surface area (Å²) in [6.45, 7) is 3.96. The molecule has 0 spiro atoms. The Kier molecular flexibility index (Phi) is 8.49. The molecule has 195 valence electrons. The number of hydrogen-bond donors (Lipinski definition) is 3. The van der Waals surface area contributed by atoms with Crippen LogP contribution in [0, 0.1) is 5.82 Å². The summed E-state index contributed by atoms with van der Waals surface area (Å²) >= 11 is 0. The first-order valence-electron chi connectivity index (χ1n) is 11.8. The third-order valence-corrected chi connectivity index (χ3v) is 7.92. The summed E-state index contributed by atoms with van der Waals surface area (Å²) in [5.74, 6) is -0.317. The molecule has 10 nitrogen and oxygen atoms in total. The average Bonchev–Trinajstić information content (AvgIpc) is 3.31. The predicted octanol–water partition coefficient (Wildman–Crippen LogP) is 3.95. The van der Waals surface area contributed by atoms with Crippen LogP contribution in [0.1, 0.15) is 6.92 Å². The number of anilines is 1. The van der Waals surface area contributed by atoms with Gasteiger partial charge in [-0.05, 0) is 67.5 Å². The van der Waals surface area contributed by atoms with Gasteiger partial charge in [0.15, 0.2) is 0 Å². The Labute approximate surface area is 231 Å². The number of pyridine rings is 1. The van der Waals surface area contributed by atoms with Crippen LogP contribution >= 0.6 is 0 Å². The molecule has 38 heavy (non-hydrogen) atoms. The van der Waals surface area contributed by atoms with Gasteiger partial charge in [0, 0.05) is 18.3 Å². The first kappa shape index (κ1) is 27.7. The van der Waals surface area contributed by atoms with Gasteiger partial charge in [-0.2, -0.15) is 0 Å². The molecule has 0 atom stereocenters. The number of aromatic nitrogens is 3. The van der Waals surface area contributed by atoms with Gasteiger partial charge in [-0.25, -0.2) is 26.9 Å². The van der Waals surface area contributed by atoms with Crippen molar-refractivity contribution in [3.63, 3.8) is 0 Å². The number of nitrogens with zero attached hydrogens (tertiary/aromatic N) is 4. The maximum Gasteiger partial charge on any atom is 2.00 e. The molecule has 3 N–H and O–H groups in total. The number of fused-ring (bicyclic) bond motifs is 1. The maximum absolute atomic E-state index is 14.8. The molecule has 1 aliphatic heterocycles. The molecule has 4 aromatic rings. The number of aromatic amines is 1. The predicted molar refractivity (Wildman–Crippen MR) is 139 cm³/mol. The summed E-state index contributed by atoms with van der Waals surface area (Å²) < 4.78 is 42.2. The van der Waals surface area contributed by atoms with Crippen LogP contribution in [0.3, 0.4) is 0 Å². The van der Waals surface area contributed by atoms with Crippen molar-refractivity contribution in [3.8, 4) is 22.4 Å². The maximum atomic E-state index is 14.8. The zero-order valence-electron chi connectivity index (χ0n) is 20.5. The minimum atomic E-state index is -3.61. The zero-order chi connectivity index (χ0) is 26.0. The van der Waals surface area contributed by atoms with Crippen LogP contribution in [0.5, 0.6) is 0 Å². The SMILES string of the molecule is CCNC(=O)Nc1nc2c(-c3ncccc3F)cc(-c3ccc(S(=O)(=O)N4CC[N-]CC4)cc3)cc2[nH]1.[V+2]. The molecular formula is C25H25FN7O3SV+. The number of benzene rings is 2. The van der Waals surface area contributed by atoms with Crippen molar-refractivity contribution in [1.82, 2.24) is 24.6 Å². The Morgan fingerprint density at radius 1 is 1.13 bits per heavy atom. The Bertz CT molecular complexity index is 1560. The number of sulfonamides is 1. The van der Waals surface area contributed by atoms with Crippen LogP contribution in [0.4, 0.5) is 15.1 Å². The van der Waals surface area contributed by atoms with Crippen molar-refractivity contribution < 1.29 is 36.2 Å². The molecule has 2 aromatic carbocycles. The number of nitrogens with one attached hydrogen (secondary N) is 3. The second-order valence-corrected chi connectivity index (χ2v) is 10.4. The number of hydrogen-bond acceptors (Lipinski definition) is 5. The normalized spacial score (nSPS) is 14.2. The van der Waals surface area contributed by atoms with E-state index in [9.17, 15) is 17.6 Å². The molecule has 2 aromatic heterocycles. The van der Waals surface area contributed by atoms with Crippen molar-refractivity contribution in [2.45, 2.75) is 11.8 Å². The third-order valence-electron chi connectivity index (χ3n) is 6.01. The molecule has 1 aliphatic rings. The molecule has 2 amide bonds. The van der Waals surface area contributed by atoms with E-state index in [2.05, 4.69) is 30.9 Å². The van der Waals surface area contributed by atoms with Crippen LogP contribution in [-0.4, -0.2) is 66.4 Å². The van der Waals surface area contributed by atoms with Gasteiger partial charge in [0.2, 0.25) is 16.0 Å². The number of piperazine rings is 1. The van der Waals surface area contributed by atoms with E-state index in [1.54, 1.807) is 37.3 Å². The molecule has 0 bridgehead atoms. The number of urea groups is 1. The molecule has 0 aliphatic carbocycles. The number of amides is 2. The van der Waals surface area contributed by atoms with E-state index in [0.717, 1.165) is 5.56 Å². The van der Waals surface area contributed by atoms with E-state index < -0.39 is 21.9 Å². The number of carbonyl (C=O) groups excluding carboxylic acids is 1. The number of carbonyl (C=O) groups is 1. The third kappa shape index (κ3) is 5.59. The van der Waals surface area contributed by atoms with Gasteiger partial charge < -0.3 is 15.6 Å². The summed E-state index contributed by atoms with van der Waals surface area (Å²) in [6, 6.07) is 12.5. The van der Waals surface area contributed by atoms with Crippen molar-refractivity contribution in [1.29, 1.82) is 0 Å². The summed E-state index contributed by atoms with van der Waals surface area (Å²) in [4.78, 5) is 23.9. The van der Waals surface area contributed by atoms with Gasteiger partial charge in [0.05, 0.1) is 10.4 Å². The Hall–Kier alpha value is -3.29. The molecular weight excluding hydrogens is 548 g/mol. The number of rotatable bonds is 6. The number of H-pyrrole nitrogens is 1. The second-order valence-electron chi connectivity index (χ2n) is 8.42. The van der Waals surface area contributed by atoms with Gasteiger partial charge in [-0.15, -0.1) is 13.1 Å². The number of halogens is 1. The van der Waals surface area contributed by atoms with E-state index in [-0.39, 0.29) is 35.1 Å². The molecule has 13 heteroatoms.